The lowest BCUT2D eigenvalue weighted by atomic mass is 9.93. The standard InChI is InChI=1S/C80H133N7O58S/c1-19-44(103)56(115)59(118)77(126-19)124-17-35-64(51(110)37(70(120)127-35)81-20(2)96)139-73-40(84-23(5)99)54(113)63(33(15-94)132-73)140-78-60(119)67(142-80-69(58(117)48(107)30(12-91)131-80)144-76-42(86-25(7)101)53(112)62(32(14-93)134-76)138-74-43(87-26(8)102)55(114)65(34(16-95)135-74)145-146(121,122)123)66(141-72-39(83-22(4)98)50(109)46(105)28(10-89)129-72)36(136-78)18-125-79-68(57(116)47(106)29(11-90)130-79)143-75-41(85-24(6)100)52(111)61(31(13-92)133-75)137-71-38(82-21(3)97)49(108)45(104)27(9-88)128-71/h19,27-80,88-95,103-120H,9-18H2,1-8H3,(H,81,96)(H,82,97)(H,83,98)(H,84,99)(H,85,100)(H,86,101)(H,87,102)(H,121,122,123)/t19-,27+,28+,29+,30+,31+,32+,33+,34+,35+,36+,37+,38+,39+,40+,41+,42+,43+,44+,45-,46+,47+,48+,49+,50+,51+,52+,53+,54+,55+,56+,57-,58-,59-,60-,61+,62+,63+,64+,65-,66+,67+,68-,69-,70?,71-,72-,73-,74-,75-,76-,77+,78-,79-,80+/m0/s1. The van der Waals surface area contributed by atoms with Crippen molar-refractivity contribution < 1.29 is 283 Å². The van der Waals surface area contributed by atoms with Crippen LogP contribution in [0.1, 0.15) is 55.4 Å². The number of aliphatic hydroxyl groups is 26. The minimum absolute atomic E-state index is 0.843. The summed E-state index contributed by atoms with van der Waals surface area (Å²) in [5.74, 6) is -7.02. The third kappa shape index (κ3) is 28.0. The van der Waals surface area contributed by atoms with Gasteiger partial charge < -0.3 is 269 Å². The molecule has 842 valence electrons. The van der Waals surface area contributed by atoms with Crippen LogP contribution in [-0.4, -0.2) is 590 Å². The molecule has 0 spiro atoms. The molecule has 11 aliphatic heterocycles. The van der Waals surface area contributed by atoms with E-state index < -0.39 is 455 Å². The molecule has 11 fully saturated rings. The quantitative estimate of drug-likeness (QED) is 0.0254. The van der Waals surface area contributed by atoms with Crippen molar-refractivity contribution in [2.45, 2.75) is 393 Å². The number of hydrogen-bond donors (Lipinski definition) is 34. The van der Waals surface area contributed by atoms with Crippen LogP contribution >= 0.6 is 0 Å². The van der Waals surface area contributed by atoms with E-state index >= 15 is 0 Å². The van der Waals surface area contributed by atoms with Crippen LogP contribution in [0.3, 0.4) is 0 Å². The number of amides is 7. The predicted octanol–water partition coefficient (Wildman–Crippen LogP) is -23.1. The Labute approximate surface area is 827 Å². The summed E-state index contributed by atoms with van der Waals surface area (Å²) >= 11 is 0. The molecule has 7 amide bonds. The molecule has 11 heterocycles. The lowest BCUT2D eigenvalue weighted by Gasteiger charge is -2.52. The second kappa shape index (κ2) is 52.5. The number of hydrogen-bond acceptors (Lipinski definition) is 57. The third-order valence-corrected chi connectivity index (χ3v) is 26.4. The lowest BCUT2D eigenvalue weighted by molar-refractivity contribution is -0.408. The summed E-state index contributed by atoms with van der Waals surface area (Å²) in [5.41, 5.74) is 0. The van der Waals surface area contributed by atoms with E-state index in [-0.39, 0.29) is 0 Å². The van der Waals surface area contributed by atoms with Crippen molar-refractivity contribution in [3.05, 3.63) is 0 Å². The minimum Gasteiger partial charge on any atom is -0.394 e. The van der Waals surface area contributed by atoms with Crippen LogP contribution in [0.15, 0.2) is 0 Å². The van der Waals surface area contributed by atoms with Gasteiger partial charge in [-0.1, -0.05) is 0 Å². The average molecular weight is 2150 g/mol. The fourth-order valence-electron chi connectivity index (χ4n) is 18.7. The highest BCUT2D eigenvalue weighted by atomic mass is 32.3. The molecule has 55 atom stereocenters. The first-order valence-electron chi connectivity index (χ1n) is 46.1. The fraction of sp³-hybridized carbons (Fsp3) is 0.912. The van der Waals surface area contributed by atoms with Gasteiger partial charge in [0.15, 0.2) is 69.2 Å². The molecule has 0 aromatic heterocycles. The van der Waals surface area contributed by atoms with E-state index in [1.807, 2.05) is 0 Å². The third-order valence-electron chi connectivity index (χ3n) is 25.9. The van der Waals surface area contributed by atoms with Crippen molar-refractivity contribution in [3.63, 3.8) is 0 Å². The molecule has 34 N–H and O–H groups in total. The molecule has 66 heteroatoms. The summed E-state index contributed by atoms with van der Waals surface area (Å²) in [6, 6.07) is -14.1. The molecule has 0 aliphatic carbocycles. The van der Waals surface area contributed by atoms with Gasteiger partial charge in [-0.25, -0.2) is 4.18 Å². The van der Waals surface area contributed by atoms with Crippen molar-refractivity contribution in [2.75, 3.05) is 66.1 Å². The van der Waals surface area contributed by atoms with Crippen molar-refractivity contribution >= 4 is 51.7 Å². The monoisotopic (exact) mass is 2150 g/mol. The summed E-state index contributed by atoms with van der Waals surface area (Å²) in [4.78, 5) is 91.5. The van der Waals surface area contributed by atoms with Gasteiger partial charge in [0.1, 0.15) is 262 Å². The normalized spacial score (nSPS) is 46.6. The number of carbonyl (C=O) groups excluding carboxylic acids is 7. The molecule has 0 aromatic carbocycles. The van der Waals surface area contributed by atoms with Gasteiger partial charge in [0.2, 0.25) is 41.4 Å². The molecule has 146 heavy (non-hydrogen) atoms. The summed E-state index contributed by atoms with van der Waals surface area (Å²) in [6.07, 6.45) is -107. The van der Waals surface area contributed by atoms with Crippen LogP contribution in [-0.2, 0) is 148 Å². The van der Waals surface area contributed by atoms with E-state index in [1.165, 1.54) is 6.92 Å². The van der Waals surface area contributed by atoms with E-state index in [4.69, 9.17) is 99.5 Å². The van der Waals surface area contributed by atoms with Crippen molar-refractivity contribution in [1.29, 1.82) is 0 Å². The molecular formula is C80H133N7O58S. The highest BCUT2D eigenvalue weighted by molar-refractivity contribution is 7.80. The Morgan fingerprint density at radius 2 is 0.473 bits per heavy atom. The van der Waals surface area contributed by atoms with E-state index in [1.54, 1.807) is 0 Å². The van der Waals surface area contributed by atoms with Gasteiger partial charge in [0, 0.05) is 48.5 Å². The summed E-state index contributed by atoms with van der Waals surface area (Å²) in [6.45, 7) is -4.83. The van der Waals surface area contributed by atoms with E-state index in [2.05, 4.69) is 41.4 Å². The Balaban J connectivity index is 1.02. The largest absolute Gasteiger partial charge is 0.397 e. The maximum Gasteiger partial charge on any atom is 0.397 e. The topological polar surface area (TPSA) is 987 Å². The second-order valence-electron chi connectivity index (χ2n) is 36.5. The van der Waals surface area contributed by atoms with Gasteiger partial charge in [-0.3, -0.25) is 38.1 Å². The molecular weight excluding hydrogens is 2020 g/mol. The second-order valence-corrected chi connectivity index (χ2v) is 37.6. The number of ether oxygens (including phenoxy) is 21. The Kier molecular flexibility index (Phi) is 43.3. The first-order chi connectivity index (χ1) is 68.8. The molecule has 11 saturated heterocycles. The first kappa shape index (κ1) is 120. The van der Waals surface area contributed by atoms with Crippen molar-refractivity contribution in [2.24, 2.45) is 0 Å². The predicted molar refractivity (Wildman–Crippen MR) is 453 cm³/mol. The van der Waals surface area contributed by atoms with Crippen molar-refractivity contribution in [1.82, 2.24) is 37.2 Å². The highest BCUT2D eigenvalue weighted by Gasteiger charge is 2.64. The lowest BCUT2D eigenvalue weighted by Crippen LogP contribution is -2.72. The van der Waals surface area contributed by atoms with Crippen LogP contribution in [0.25, 0.3) is 0 Å². The zero-order valence-electron chi connectivity index (χ0n) is 79.0. The molecule has 0 radical (unpaired) electrons. The number of rotatable bonds is 39. The first-order valence-corrected chi connectivity index (χ1v) is 47.5. The van der Waals surface area contributed by atoms with E-state index in [0.29, 0.717) is 0 Å². The number of carbonyl (C=O) groups is 7. The smallest absolute Gasteiger partial charge is 0.394 e. The number of nitrogens with one attached hydrogen (secondary N) is 7. The van der Waals surface area contributed by atoms with Gasteiger partial charge >= 0.3 is 10.4 Å². The minimum atomic E-state index is -5.51. The van der Waals surface area contributed by atoms with Crippen LogP contribution in [0.2, 0.25) is 0 Å². The molecule has 11 rings (SSSR count). The molecule has 0 saturated carbocycles. The molecule has 0 bridgehead atoms. The maximum atomic E-state index is 13.6. The Morgan fingerprint density at radius 1 is 0.226 bits per heavy atom. The molecule has 1 unspecified atom stereocenters. The molecule has 0 aromatic rings. The van der Waals surface area contributed by atoms with Gasteiger partial charge in [-0.2, -0.15) is 8.42 Å². The van der Waals surface area contributed by atoms with Crippen LogP contribution < -0.4 is 37.2 Å². The van der Waals surface area contributed by atoms with Gasteiger partial charge in [-0.05, 0) is 6.92 Å². The number of aliphatic hydroxyl groups excluding tert-OH is 26. The summed E-state index contributed by atoms with van der Waals surface area (Å²) in [7, 11) is -5.51. The average Bonchev–Trinajstić information content (AvgIpc) is 0.758. The summed E-state index contributed by atoms with van der Waals surface area (Å²) in [5, 5.41) is 315. The summed E-state index contributed by atoms with van der Waals surface area (Å²) < 4.78 is 167. The van der Waals surface area contributed by atoms with Crippen LogP contribution in [0, 0.1) is 0 Å². The zero-order valence-corrected chi connectivity index (χ0v) is 79.8. The zero-order chi connectivity index (χ0) is 108. The van der Waals surface area contributed by atoms with E-state index in [9.17, 15) is 179 Å². The van der Waals surface area contributed by atoms with Gasteiger partial charge in [0.05, 0.1) is 72.2 Å². The Bertz CT molecular complexity index is 4320. The fourth-order valence-corrected chi connectivity index (χ4v) is 19.2. The Morgan fingerprint density at radius 3 is 0.822 bits per heavy atom. The van der Waals surface area contributed by atoms with Crippen LogP contribution in [0.4, 0.5) is 0 Å². The molecule has 11 aliphatic rings. The maximum absolute atomic E-state index is 13.6. The van der Waals surface area contributed by atoms with E-state index in [0.717, 1.165) is 48.5 Å². The van der Waals surface area contributed by atoms with Gasteiger partial charge in [0.25, 0.3) is 0 Å². The van der Waals surface area contributed by atoms with Crippen molar-refractivity contribution in [3.8, 4) is 0 Å². The highest BCUT2D eigenvalue weighted by Crippen LogP contribution is 2.43. The van der Waals surface area contributed by atoms with Crippen LogP contribution in [0.5, 0.6) is 0 Å². The van der Waals surface area contributed by atoms with Gasteiger partial charge in [-0.15, -0.1) is 0 Å². The molecule has 65 nitrogen and oxygen atoms in total. The Hall–Kier alpha value is -5.72. The SMILES string of the molecule is CC(=O)N[C@H]1[C@H](O[C@H]2[C@H](O)[C@@H](NC(C)=O)[C@H](O[C@@H]3[C@@H](O[C@@H]4[C@H](O)[C@H](O[C@H]5[C@H](O)[C@@H](NC(C)=O)[C@H](O[C@H]6[C@H](O)[C@@H](NC(C)=O)C(O)O[C@@H]6CO[C@@H]6O[C@@H](C)[C@@H](O)[C@@H](O)[C@@H]6O)O[C@@H]5CO)O[C@H](CO[C@H]5O[C@H](CO)[C@@H](O)[C@H](O)[C@@H]5O[C@@H]5O[C@H](CO)[C@@H](O[C@@H]6O[C@H](CO)[C@H](O)[C@H](O)[C@H]6NC(C)=O)[C@H](O)[C@H]5NC(C)=O)[C@H]4O[C@@H]4O[C@H](CO)[C@@H](O)[C@H](O)[C@H]4NC(C)=O)O[C@H](CO)[C@@H](O)[C@@H]3O)O[C@@H]2CO)O[C@H](CO)[C@H](OS(=O)(=O)O)[C@@H]1O.